The molecular weight excluding hydrogens is 174 g/mol. The molecule has 74 valence electrons. The highest BCUT2D eigenvalue weighted by atomic mass is 16.5. The second kappa shape index (κ2) is 2.81. The van der Waals surface area contributed by atoms with E-state index in [1.54, 1.807) is 0 Å². The number of fused-ring (bicyclic) bond motifs is 1. The summed E-state index contributed by atoms with van der Waals surface area (Å²) in [6, 6.07) is 10.5. The van der Waals surface area contributed by atoms with Crippen LogP contribution in [-0.2, 0) is 4.74 Å². The Morgan fingerprint density at radius 3 is 2.57 bits per heavy atom. The number of ether oxygens (including phenoxy) is 1. The van der Waals surface area contributed by atoms with Gasteiger partial charge in [-0.2, -0.15) is 0 Å². The van der Waals surface area contributed by atoms with Crippen LogP contribution in [0.15, 0.2) is 30.3 Å². The van der Waals surface area contributed by atoms with Crippen molar-refractivity contribution in [3.05, 3.63) is 35.9 Å². The summed E-state index contributed by atoms with van der Waals surface area (Å²) in [5.41, 5.74) is 7.80. The molecule has 14 heavy (non-hydrogen) atoms. The maximum atomic E-state index is 6.29. The smallest absolute Gasteiger partial charge is 0.0589 e. The summed E-state index contributed by atoms with van der Waals surface area (Å²) in [4.78, 5) is 0. The molecule has 1 aliphatic carbocycles. The Balaban J connectivity index is 1.86. The quantitative estimate of drug-likeness (QED) is 0.770. The molecule has 0 spiro atoms. The number of hydrogen-bond acceptors (Lipinski definition) is 2. The van der Waals surface area contributed by atoms with Crippen LogP contribution in [0.2, 0.25) is 0 Å². The Bertz CT molecular complexity index is 324. The van der Waals surface area contributed by atoms with Gasteiger partial charge in [0.05, 0.1) is 12.7 Å². The van der Waals surface area contributed by atoms with Crippen molar-refractivity contribution in [3.8, 4) is 0 Å². The predicted molar refractivity (Wildman–Crippen MR) is 54.8 cm³/mol. The van der Waals surface area contributed by atoms with Gasteiger partial charge in [-0.25, -0.2) is 0 Å². The van der Waals surface area contributed by atoms with Gasteiger partial charge in [-0.1, -0.05) is 30.3 Å². The van der Waals surface area contributed by atoms with E-state index in [2.05, 4.69) is 24.3 Å². The molecule has 2 heterocycles. The first-order valence-corrected chi connectivity index (χ1v) is 5.22. The molecule has 1 atom stereocenters. The van der Waals surface area contributed by atoms with E-state index < -0.39 is 0 Å². The monoisotopic (exact) mass is 189 g/mol. The summed E-state index contributed by atoms with van der Waals surface area (Å²) in [6.45, 7) is 0.855. The lowest BCUT2D eigenvalue weighted by Gasteiger charge is -2.40. The van der Waals surface area contributed by atoms with Crippen LogP contribution in [0.5, 0.6) is 0 Å². The molecular formula is C12H15NO. The summed E-state index contributed by atoms with van der Waals surface area (Å²) in [6.07, 6.45) is 2.82. The van der Waals surface area contributed by atoms with E-state index in [9.17, 15) is 0 Å². The summed E-state index contributed by atoms with van der Waals surface area (Å²) in [5.74, 6) is 0. The predicted octanol–water partition coefficient (Wildman–Crippen LogP) is 1.87. The molecule has 2 saturated heterocycles. The molecule has 0 amide bonds. The van der Waals surface area contributed by atoms with Gasteiger partial charge in [-0.3, -0.25) is 0 Å². The molecule has 2 bridgehead atoms. The minimum atomic E-state index is 0.155. The van der Waals surface area contributed by atoms with Gasteiger partial charge < -0.3 is 10.5 Å². The molecule has 3 fully saturated rings. The van der Waals surface area contributed by atoms with E-state index in [1.807, 2.05) is 6.07 Å². The van der Waals surface area contributed by atoms with Crippen LogP contribution >= 0.6 is 0 Å². The van der Waals surface area contributed by atoms with Crippen molar-refractivity contribution in [3.63, 3.8) is 0 Å². The van der Waals surface area contributed by atoms with Gasteiger partial charge in [-0.05, 0) is 18.4 Å². The first-order chi connectivity index (χ1) is 6.80. The lowest BCUT2D eigenvalue weighted by atomic mass is 9.64. The molecule has 1 unspecified atom stereocenters. The van der Waals surface area contributed by atoms with Crippen LogP contribution < -0.4 is 5.73 Å². The van der Waals surface area contributed by atoms with Gasteiger partial charge in [0.15, 0.2) is 0 Å². The maximum Gasteiger partial charge on any atom is 0.0589 e. The van der Waals surface area contributed by atoms with Gasteiger partial charge in [0.1, 0.15) is 0 Å². The normalized spacial score (nSPS) is 36.5. The van der Waals surface area contributed by atoms with Crippen molar-refractivity contribution >= 4 is 0 Å². The van der Waals surface area contributed by atoms with Crippen molar-refractivity contribution in [2.75, 3.05) is 6.61 Å². The molecule has 1 saturated carbocycles. The lowest BCUT2D eigenvalue weighted by molar-refractivity contribution is 0.102. The van der Waals surface area contributed by atoms with Gasteiger partial charge in [0, 0.05) is 11.5 Å². The highest BCUT2D eigenvalue weighted by Crippen LogP contribution is 2.56. The van der Waals surface area contributed by atoms with Gasteiger partial charge in [-0.15, -0.1) is 0 Å². The van der Waals surface area contributed by atoms with E-state index in [1.165, 1.54) is 5.56 Å². The standard InChI is InChI=1S/C12H15NO/c13-11(9-4-2-1-3-5-9)12-6-10(7-12)14-8-12/h1-5,10-11H,6-8,13H2. The van der Waals surface area contributed by atoms with Crippen molar-refractivity contribution in [2.24, 2.45) is 11.1 Å². The third-order valence-corrected chi connectivity index (χ3v) is 3.69. The number of nitrogens with two attached hydrogens (primary N) is 1. The Labute approximate surface area is 84.1 Å². The van der Waals surface area contributed by atoms with Gasteiger partial charge in [0.25, 0.3) is 0 Å². The van der Waals surface area contributed by atoms with Crippen LogP contribution in [0.25, 0.3) is 0 Å². The molecule has 2 N–H and O–H groups in total. The van der Waals surface area contributed by atoms with E-state index in [-0.39, 0.29) is 11.5 Å². The van der Waals surface area contributed by atoms with Crippen LogP contribution in [0.3, 0.4) is 0 Å². The molecule has 0 radical (unpaired) electrons. The molecule has 4 rings (SSSR count). The zero-order chi connectivity index (χ0) is 9.60. The maximum absolute atomic E-state index is 6.29. The fourth-order valence-corrected chi connectivity index (χ4v) is 2.72. The van der Waals surface area contributed by atoms with Crippen molar-refractivity contribution in [1.29, 1.82) is 0 Å². The Hall–Kier alpha value is -0.860. The molecule has 1 aromatic carbocycles. The van der Waals surface area contributed by atoms with Gasteiger partial charge in [0.2, 0.25) is 0 Å². The zero-order valence-corrected chi connectivity index (χ0v) is 8.15. The average molecular weight is 189 g/mol. The summed E-state index contributed by atoms with van der Waals surface area (Å²) in [5, 5.41) is 0. The zero-order valence-electron chi connectivity index (χ0n) is 8.15. The summed E-state index contributed by atoms with van der Waals surface area (Å²) < 4.78 is 5.59. The molecule has 2 heteroatoms. The average Bonchev–Trinajstić information content (AvgIpc) is 2.77. The highest BCUT2D eigenvalue weighted by Gasteiger charge is 2.55. The third-order valence-electron chi connectivity index (χ3n) is 3.69. The minimum Gasteiger partial charge on any atom is -0.378 e. The second-order valence-corrected chi connectivity index (χ2v) is 4.59. The van der Waals surface area contributed by atoms with Crippen LogP contribution in [0.1, 0.15) is 24.4 Å². The van der Waals surface area contributed by atoms with Crippen LogP contribution in [0, 0.1) is 5.41 Å². The van der Waals surface area contributed by atoms with E-state index in [0.717, 1.165) is 19.4 Å². The number of rotatable bonds is 2. The first-order valence-electron chi connectivity index (χ1n) is 5.22. The molecule has 3 aliphatic rings. The fraction of sp³-hybridized carbons (Fsp3) is 0.500. The van der Waals surface area contributed by atoms with E-state index in [4.69, 9.17) is 10.5 Å². The van der Waals surface area contributed by atoms with Crippen LogP contribution in [0.4, 0.5) is 0 Å². The second-order valence-electron chi connectivity index (χ2n) is 4.59. The molecule has 2 aliphatic heterocycles. The molecule has 0 aromatic heterocycles. The third kappa shape index (κ3) is 1.04. The Morgan fingerprint density at radius 2 is 2.00 bits per heavy atom. The van der Waals surface area contributed by atoms with Gasteiger partial charge >= 0.3 is 0 Å². The Kier molecular flexibility index (Phi) is 1.70. The van der Waals surface area contributed by atoms with Crippen LogP contribution in [-0.4, -0.2) is 12.7 Å². The Morgan fingerprint density at radius 1 is 1.29 bits per heavy atom. The summed E-state index contributed by atoms with van der Waals surface area (Å²) >= 11 is 0. The highest BCUT2D eigenvalue weighted by molar-refractivity contribution is 5.24. The first kappa shape index (κ1) is 8.45. The minimum absolute atomic E-state index is 0.155. The van der Waals surface area contributed by atoms with Crippen molar-refractivity contribution in [1.82, 2.24) is 0 Å². The number of hydrogen-bond donors (Lipinski definition) is 1. The largest absolute Gasteiger partial charge is 0.378 e. The SMILES string of the molecule is NC(c1ccccc1)C12COC(C1)C2. The fourth-order valence-electron chi connectivity index (χ4n) is 2.72. The summed E-state index contributed by atoms with van der Waals surface area (Å²) in [7, 11) is 0. The molecule has 1 aromatic rings. The lowest BCUT2D eigenvalue weighted by Crippen LogP contribution is -2.42. The van der Waals surface area contributed by atoms with E-state index in [0.29, 0.717) is 6.10 Å². The molecule has 2 nitrogen and oxygen atoms in total. The van der Waals surface area contributed by atoms with Crippen molar-refractivity contribution in [2.45, 2.75) is 25.0 Å². The number of benzene rings is 1. The van der Waals surface area contributed by atoms with E-state index >= 15 is 0 Å². The van der Waals surface area contributed by atoms with Crippen molar-refractivity contribution < 1.29 is 4.74 Å². The topological polar surface area (TPSA) is 35.2 Å².